The smallest absolute Gasteiger partial charge is 0.345 e. The summed E-state index contributed by atoms with van der Waals surface area (Å²) in [7, 11) is 0. The van der Waals surface area contributed by atoms with Crippen LogP contribution in [0.3, 0.4) is 0 Å². The molecule has 4 nitrogen and oxygen atoms in total. The zero-order valence-corrected chi connectivity index (χ0v) is 12.8. The van der Waals surface area contributed by atoms with Gasteiger partial charge in [0.15, 0.2) is 0 Å². The van der Waals surface area contributed by atoms with E-state index in [-0.39, 0.29) is 5.91 Å². The predicted molar refractivity (Wildman–Crippen MR) is 80.9 cm³/mol. The molecule has 1 aromatic rings. The Morgan fingerprint density at radius 1 is 1.35 bits per heavy atom. The van der Waals surface area contributed by atoms with E-state index < -0.39 is 5.97 Å². The number of fused-ring (bicyclic) bond motifs is 1. The normalized spacial score (nSPS) is 20.0. The highest BCUT2D eigenvalue weighted by Gasteiger charge is 2.30. The molecule has 1 aromatic heterocycles. The van der Waals surface area contributed by atoms with Crippen LogP contribution in [0.2, 0.25) is 0 Å². The lowest BCUT2D eigenvalue weighted by Gasteiger charge is -2.32. The number of carbonyl (C=O) groups is 2. The third kappa shape index (κ3) is 2.72. The molecule has 0 atom stereocenters. The second kappa shape index (κ2) is 5.77. The predicted octanol–water partition coefficient (Wildman–Crippen LogP) is 3.47. The standard InChI is InChI=1S/C14H17NO3S2/c16-12-8-19-14-10(6-11(20-14)13(17)18)15(12)7-9-4-2-1-3-5-9/h6,9H,1-5,7-8H2,(H,17,18). The number of anilines is 1. The highest BCUT2D eigenvalue weighted by molar-refractivity contribution is 8.02. The van der Waals surface area contributed by atoms with Crippen molar-refractivity contribution < 1.29 is 14.7 Å². The molecule has 1 fully saturated rings. The fourth-order valence-electron chi connectivity index (χ4n) is 2.93. The second-order valence-corrected chi connectivity index (χ2v) is 7.68. The third-order valence-electron chi connectivity index (χ3n) is 3.97. The van der Waals surface area contributed by atoms with E-state index in [4.69, 9.17) is 5.11 Å². The molecule has 0 bridgehead atoms. The van der Waals surface area contributed by atoms with Crippen LogP contribution in [0.1, 0.15) is 41.8 Å². The summed E-state index contributed by atoms with van der Waals surface area (Å²) < 4.78 is 0.970. The minimum atomic E-state index is -0.907. The highest BCUT2D eigenvalue weighted by atomic mass is 32.2. The quantitative estimate of drug-likeness (QED) is 0.928. The third-order valence-corrected chi connectivity index (χ3v) is 6.35. The molecule has 1 aliphatic heterocycles. The summed E-state index contributed by atoms with van der Waals surface area (Å²) in [5.74, 6) is 0.203. The Balaban J connectivity index is 1.83. The number of carboxylic acids is 1. The first kappa shape index (κ1) is 13.9. The molecule has 1 saturated carbocycles. The number of thiophene rings is 1. The first-order valence-corrected chi connectivity index (χ1v) is 8.75. The summed E-state index contributed by atoms with van der Waals surface area (Å²) in [5.41, 5.74) is 0.819. The summed E-state index contributed by atoms with van der Waals surface area (Å²) in [6.07, 6.45) is 6.16. The van der Waals surface area contributed by atoms with E-state index in [0.29, 0.717) is 16.5 Å². The van der Waals surface area contributed by atoms with Crippen LogP contribution >= 0.6 is 23.1 Å². The molecule has 2 aliphatic rings. The van der Waals surface area contributed by atoms with Crippen molar-refractivity contribution in [3.05, 3.63) is 10.9 Å². The second-order valence-electron chi connectivity index (χ2n) is 5.39. The number of aromatic carboxylic acids is 1. The number of nitrogens with zero attached hydrogens (tertiary/aromatic N) is 1. The maximum absolute atomic E-state index is 12.2. The number of hydrogen-bond donors (Lipinski definition) is 1. The van der Waals surface area contributed by atoms with Crippen molar-refractivity contribution in [2.45, 2.75) is 36.3 Å². The van der Waals surface area contributed by atoms with E-state index in [9.17, 15) is 9.59 Å². The van der Waals surface area contributed by atoms with E-state index in [1.54, 1.807) is 6.07 Å². The van der Waals surface area contributed by atoms with Gasteiger partial charge in [-0.15, -0.1) is 23.1 Å². The molecule has 1 amide bonds. The van der Waals surface area contributed by atoms with Crippen LogP contribution in [0.25, 0.3) is 0 Å². The van der Waals surface area contributed by atoms with Gasteiger partial charge in [0.05, 0.1) is 15.6 Å². The van der Waals surface area contributed by atoms with Gasteiger partial charge in [0, 0.05) is 6.54 Å². The van der Waals surface area contributed by atoms with Gasteiger partial charge in [0.2, 0.25) is 5.91 Å². The molecule has 1 aliphatic carbocycles. The van der Waals surface area contributed by atoms with Crippen molar-refractivity contribution >= 4 is 40.7 Å². The maximum atomic E-state index is 12.2. The van der Waals surface area contributed by atoms with E-state index in [1.165, 1.54) is 55.2 Å². The van der Waals surface area contributed by atoms with Crippen molar-refractivity contribution in [2.24, 2.45) is 5.92 Å². The number of carbonyl (C=O) groups excluding carboxylic acids is 1. The molecule has 6 heteroatoms. The van der Waals surface area contributed by atoms with Crippen LogP contribution in [-0.2, 0) is 4.79 Å². The lowest BCUT2D eigenvalue weighted by atomic mass is 9.89. The zero-order valence-electron chi connectivity index (χ0n) is 11.1. The lowest BCUT2D eigenvalue weighted by Crippen LogP contribution is -2.39. The van der Waals surface area contributed by atoms with Crippen LogP contribution < -0.4 is 4.90 Å². The Bertz CT molecular complexity index is 535. The Kier molecular flexibility index (Phi) is 4.03. The molecule has 1 N–H and O–H groups in total. The van der Waals surface area contributed by atoms with Crippen LogP contribution in [0.5, 0.6) is 0 Å². The summed E-state index contributed by atoms with van der Waals surface area (Å²) >= 11 is 2.75. The van der Waals surface area contributed by atoms with E-state index in [2.05, 4.69) is 0 Å². The van der Waals surface area contributed by atoms with Gasteiger partial charge in [0.25, 0.3) is 0 Å². The van der Waals surface area contributed by atoms with Crippen molar-refractivity contribution in [2.75, 3.05) is 17.2 Å². The Morgan fingerprint density at radius 3 is 2.80 bits per heavy atom. The molecule has 2 heterocycles. The van der Waals surface area contributed by atoms with Crippen molar-refractivity contribution in [1.29, 1.82) is 0 Å². The monoisotopic (exact) mass is 311 g/mol. The van der Waals surface area contributed by atoms with Crippen molar-refractivity contribution in [3.63, 3.8) is 0 Å². The zero-order chi connectivity index (χ0) is 14.1. The first-order valence-electron chi connectivity index (χ1n) is 6.95. The number of hydrogen-bond acceptors (Lipinski definition) is 4. The fraction of sp³-hybridized carbons (Fsp3) is 0.571. The fourth-order valence-corrected chi connectivity index (χ4v) is 5.07. The Labute approximate surface area is 126 Å². The molecule has 108 valence electrons. The number of thioether (sulfide) groups is 1. The minimum absolute atomic E-state index is 0.114. The molecule has 0 unspecified atom stereocenters. The Hall–Kier alpha value is -1.01. The molecule has 0 aromatic carbocycles. The summed E-state index contributed by atoms with van der Waals surface area (Å²) in [5, 5.41) is 9.11. The summed E-state index contributed by atoms with van der Waals surface area (Å²) in [6.45, 7) is 0.752. The van der Waals surface area contributed by atoms with Gasteiger partial charge in [-0.05, 0) is 24.8 Å². The van der Waals surface area contributed by atoms with Crippen LogP contribution in [0.15, 0.2) is 10.3 Å². The summed E-state index contributed by atoms with van der Waals surface area (Å²) in [4.78, 5) is 25.4. The molecule has 0 saturated heterocycles. The average molecular weight is 311 g/mol. The van der Waals surface area contributed by atoms with Gasteiger partial charge in [-0.25, -0.2) is 4.79 Å². The topological polar surface area (TPSA) is 57.6 Å². The maximum Gasteiger partial charge on any atom is 0.345 e. The Morgan fingerprint density at radius 2 is 2.10 bits per heavy atom. The van der Waals surface area contributed by atoms with Gasteiger partial charge < -0.3 is 10.0 Å². The van der Waals surface area contributed by atoms with E-state index >= 15 is 0 Å². The average Bonchev–Trinajstić information content (AvgIpc) is 2.88. The number of rotatable bonds is 3. The molecule has 3 rings (SSSR count). The first-order chi connectivity index (χ1) is 9.65. The number of carboxylic acid groups (broad SMARTS) is 1. The molecular formula is C14H17NO3S2. The number of amides is 1. The van der Waals surface area contributed by atoms with Crippen LogP contribution in [-0.4, -0.2) is 29.3 Å². The molecule has 0 radical (unpaired) electrons. The summed E-state index contributed by atoms with van der Waals surface area (Å²) in [6, 6.07) is 1.66. The van der Waals surface area contributed by atoms with Gasteiger partial charge >= 0.3 is 5.97 Å². The SMILES string of the molecule is O=C(O)c1cc2c(s1)SCC(=O)N2CC1CCCCC1. The van der Waals surface area contributed by atoms with Gasteiger partial charge in [0.1, 0.15) is 4.88 Å². The van der Waals surface area contributed by atoms with E-state index in [1.807, 2.05) is 4.90 Å². The van der Waals surface area contributed by atoms with Crippen LogP contribution in [0.4, 0.5) is 5.69 Å². The van der Waals surface area contributed by atoms with Crippen LogP contribution in [0, 0.1) is 5.92 Å². The lowest BCUT2D eigenvalue weighted by molar-refractivity contribution is -0.116. The highest BCUT2D eigenvalue weighted by Crippen LogP contribution is 2.43. The molecular weight excluding hydrogens is 294 g/mol. The largest absolute Gasteiger partial charge is 0.477 e. The molecule has 0 spiro atoms. The van der Waals surface area contributed by atoms with Gasteiger partial charge in [-0.3, -0.25) is 4.79 Å². The van der Waals surface area contributed by atoms with Gasteiger partial charge in [-0.1, -0.05) is 19.3 Å². The van der Waals surface area contributed by atoms with Crippen molar-refractivity contribution in [1.82, 2.24) is 0 Å². The molecule has 20 heavy (non-hydrogen) atoms. The minimum Gasteiger partial charge on any atom is -0.477 e. The van der Waals surface area contributed by atoms with Crippen molar-refractivity contribution in [3.8, 4) is 0 Å². The van der Waals surface area contributed by atoms with E-state index in [0.717, 1.165) is 16.4 Å². The van der Waals surface area contributed by atoms with Gasteiger partial charge in [-0.2, -0.15) is 0 Å².